The van der Waals surface area contributed by atoms with Crippen LogP contribution in [0.2, 0.25) is 0 Å². The first kappa shape index (κ1) is 18.1. The minimum Gasteiger partial charge on any atom is -0.496 e. The SMILES string of the molecule is CNc1nc(Nc2ccc(C(=O)OC)c(OC)c2)cc(-c2ccncc2)n1. The van der Waals surface area contributed by atoms with E-state index >= 15 is 0 Å². The van der Waals surface area contributed by atoms with Gasteiger partial charge in [-0.2, -0.15) is 4.98 Å². The van der Waals surface area contributed by atoms with Crippen LogP contribution in [0.4, 0.5) is 17.5 Å². The second kappa shape index (κ2) is 8.13. The molecule has 0 fully saturated rings. The molecule has 0 aliphatic rings. The number of ether oxygens (including phenoxy) is 2. The van der Waals surface area contributed by atoms with Gasteiger partial charge in [-0.1, -0.05) is 0 Å². The van der Waals surface area contributed by atoms with Crippen molar-refractivity contribution in [3.05, 3.63) is 54.4 Å². The summed E-state index contributed by atoms with van der Waals surface area (Å²) in [6, 6.07) is 10.7. The van der Waals surface area contributed by atoms with Gasteiger partial charge in [0.25, 0.3) is 0 Å². The number of methoxy groups -OCH3 is 2. The molecule has 1 aromatic carbocycles. The average Bonchev–Trinajstić information content (AvgIpc) is 2.73. The summed E-state index contributed by atoms with van der Waals surface area (Å²) in [6.07, 6.45) is 3.42. The van der Waals surface area contributed by atoms with E-state index in [9.17, 15) is 4.79 Å². The molecule has 0 aliphatic heterocycles. The van der Waals surface area contributed by atoms with Crippen molar-refractivity contribution in [3.8, 4) is 17.0 Å². The molecule has 27 heavy (non-hydrogen) atoms. The van der Waals surface area contributed by atoms with Gasteiger partial charge in [0.05, 0.1) is 19.9 Å². The van der Waals surface area contributed by atoms with Crippen LogP contribution >= 0.6 is 0 Å². The average molecular weight is 365 g/mol. The van der Waals surface area contributed by atoms with E-state index in [1.807, 2.05) is 18.2 Å². The van der Waals surface area contributed by atoms with E-state index in [1.54, 1.807) is 37.6 Å². The number of pyridine rings is 1. The van der Waals surface area contributed by atoms with Crippen LogP contribution in [0.3, 0.4) is 0 Å². The van der Waals surface area contributed by atoms with Crippen molar-refractivity contribution in [3.63, 3.8) is 0 Å². The molecule has 0 amide bonds. The Morgan fingerprint density at radius 3 is 2.48 bits per heavy atom. The Morgan fingerprint density at radius 2 is 1.81 bits per heavy atom. The Bertz CT molecular complexity index is 947. The van der Waals surface area contributed by atoms with E-state index in [-0.39, 0.29) is 0 Å². The standard InChI is InChI=1S/C19H19N5O3/c1-20-19-23-15(12-6-8-21-9-7-12)11-17(24-19)22-13-4-5-14(18(25)27-3)16(10-13)26-2/h4-11H,1-3H3,(H2,20,22,23,24). The Balaban J connectivity index is 1.94. The van der Waals surface area contributed by atoms with Crippen molar-refractivity contribution >= 4 is 23.4 Å². The number of hydrogen-bond donors (Lipinski definition) is 2. The molecule has 0 spiro atoms. The van der Waals surface area contributed by atoms with Crippen molar-refractivity contribution in [1.82, 2.24) is 15.0 Å². The highest BCUT2D eigenvalue weighted by Crippen LogP contribution is 2.27. The topological polar surface area (TPSA) is 98.3 Å². The number of nitrogens with zero attached hydrogens (tertiary/aromatic N) is 3. The Hall–Kier alpha value is -3.68. The molecule has 3 aromatic rings. The number of carbonyl (C=O) groups excluding carboxylic acids is 1. The van der Waals surface area contributed by atoms with Crippen molar-refractivity contribution < 1.29 is 14.3 Å². The number of benzene rings is 1. The Morgan fingerprint density at radius 1 is 1.04 bits per heavy atom. The van der Waals surface area contributed by atoms with Gasteiger partial charge in [-0.25, -0.2) is 9.78 Å². The molecule has 2 aromatic heterocycles. The van der Waals surface area contributed by atoms with Gasteiger partial charge in [-0.15, -0.1) is 0 Å². The fourth-order valence-corrected chi connectivity index (χ4v) is 2.49. The molecular formula is C19H19N5O3. The molecule has 0 unspecified atom stereocenters. The first-order chi connectivity index (χ1) is 13.1. The molecule has 8 heteroatoms. The van der Waals surface area contributed by atoms with E-state index in [2.05, 4.69) is 25.6 Å². The minimum atomic E-state index is -0.460. The van der Waals surface area contributed by atoms with Gasteiger partial charge >= 0.3 is 5.97 Å². The van der Waals surface area contributed by atoms with Crippen LogP contribution in [0.15, 0.2) is 48.8 Å². The number of aromatic nitrogens is 3. The van der Waals surface area contributed by atoms with Crippen LogP contribution in [-0.2, 0) is 4.74 Å². The summed E-state index contributed by atoms with van der Waals surface area (Å²) >= 11 is 0. The largest absolute Gasteiger partial charge is 0.496 e. The highest BCUT2D eigenvalue weighted by atomic mass is 16.5. The van der Waals surface area contributed by atoms with Gasteiger partial charge < -0.3 is 20.1 Å². The van der Waals surface area contributed by atoms with E-state index in [1.165, 1.54) is 14.2 Å². The zero-order valence-corrected chi connectivity index (χ0v) is 15.2. The molecule has 138 valence electrons. The molecular weight excluding hydrogens is 346 g/mol. The van der Waals surface area contributed by atoms with Crippen molar-refractivity contribution in [2.45, 2.75) is 0 Å². The van der Waals surface area contributed by atoms with Gasteiger partial charge in [0.15, 0.2) is 0 Å². The smallest absolute Gasteiger partial charge is 0.341 e. The predicted molar refractivity (Wildman–Crippen MR) is 102 cm³/mol. The molecule has 0 radical (unpaired) electrons. The summed E-state index contributed by atoms with van der Waals surface area (Å²) < 4.78 is 10.1. The lowest BCUT2D eigenvalue weighted by atomic mass is 10.1. The third kappa shape index (κ3) is 4.12. The van der Waals surface area contributed by atoms with Crippen LogP contribution in [0.5, 0.6) is 5.75 Å². The summed E-state index contributed by atoms with van der Waals surface area (Å²) in [7, 11) is 4.58. The summed E-state index contributed by atoms with van der Waals surface area (Å²) in [4.78, 5) is 24.7. The lowest BCUT2D eigenvalue weighted by Crippen LogP contribution is -2.05. The third-order valence-electron chi connectivity index (χ3n) is 3.81. The molecule has 0 atom stereocenters. The lowest BCUT2D eigenvalue weighted by Gasteiger charge is -2.12. The Labute approximate surface area is 156 Å². The van der Waals surface area contributed by atoms with Gasteiger partial charge in [-0.05, 0) is 24.3 Å². The zero-order valence-electron chi connectivity index (χ0n) is 15.2. The van der Waals surface area contributed by atoms with Gasteiger partial charge in [0.1, 0.15) is 17.1 Å². The fourth-order valence-electron chi connectivity index (χ4n) is 2.49. The number of rotatable bonds is 6. The van der Waals surface area contributed by atoms with Crippen molar-refractivity contribution in [1.29, 1.82) is 0 Å². The maximum Gasteiger partial charge on any atom is 0.341 e. The fraction of sp³-hybridized carbons (Fsp3) is 0.158. The van der Waals surface area contributed by atoms with Gasteiger partial charge in [0.2, 0.25) is 5.95 Å². The number of hydrogen-bond acceptors (Lipinski definition) is 8. The molecule has 2 heterocycles. The first-order valence-corrected chi connectivity index (χ1v) is 8.15. The monoisotopic (exact) mass is 365 g/mol. The summed E-state index contributed by atoms with van der Waals surface area (Å²) in [5, 5.41) is 6.16. The number of esters is 1. The Kier molecular flexibility index (Phi) is 5.46. The molecule has 0 saturated carbocycles. The third-order valence-corrected chi connectivity index (χ3v) is 3.81. The molecule has 0 bridgehead atoms. The lowest BCUT2D eigenvalue weighted by molar-refractivity contribution is 0.0597. The second-order valence-corrected chi connectivity index (χ2v) is 5.48. The predicted octanol–water partition coefficient (Wildman–Crippen LogP) is 3.12. The van der Waals surface area contributed by atoms with Crippen molar-refractivity contribution in [2.24, 2.45) is 0 Å². The zero-order chi connectivity index (χ0) is 19.2. The van der Waals surface area contributed by atoms with Crippen LogP contribution in [0.1, 0.15) is 10.4 Å². The highest BCUT2D eigenvalue weighted by Gasteiger charge is 2.14. The molecule has 0 aliphatic carbocycles. The first-order valence-electron chi connectivity index (χ1n) is 8.15. The second-order valence-electron chi connectivity index (χ2n) is 5.48. The summed E-state index contributed by atoms with van der Waals surface area (Å²) in [6.45, 7) is 0. The van der Waals surface area contributed by atoms with Gasteiger partial charge in [-0.3, -0.25) is 4.98 Å². The molecule has 2 N–H and O–H groups in total. The minimum absolute atomic E-state index is 0.349. The van der Waals surface area contributed by atoms with E-state index in [4.69, 9.17) is 9.47 Å². The van der Waals surface area contributed by atoms with Crippen LogP contribution in [-0.4, -0.2) is 42.2 Å². The van der Waals surface area contributed by atoms with Crippen LogP contribution in [0.25, 0.3) is 11.3 Å². The maximum absolute atomic E-state index is 11.8. The van der Waals surface area contributed by atoms with Crippen molar-refractivity contribution in [2.75, 3.05) is 31.9 Å². The molecule has 0 saturated heterocycles. The highest BCUT2D eigenvalue weighted by molar-refractivity contribution is 5.93. The number of anilines is 3. The quantitative estimate of drug-likeness (QED) is 0.643. The number of carbonyl (C=O) groups is 1. The summed E-state index contributed by atoms with van der Waals surface area (Å²) in [5.41, 5.74) is 2.73. The molecule has 3 rings (SSSR count). The van der Waals surface area contributed by atoms with Crippen LogP contribution < -0.4 is 15.4 Å². The summed E-state index contributed by atoms with van der Waals surface area (Å²) in [5.74, 6) is 1.01. The van der Waals surface area contributed by atoms with E-state index in [0.717, 1.165) is 11.3 Å². The van der Waals surface area contributed by atoms with Gasteiger partial charge in [0, 0.05) is 42.8 Å². The normalized spacial score (nSPS) is 10.2. The maximum atomic E-state index is 11.8. The number of nitrogens with one attached hydrogen (secondary N) is 2. The van der Waals surface area contributed by atoms with E-state index < -0.39 is 5.97 Å². The van der Waals surface area contributed by atoms with E-state index in [0.29, 0.717) is 28.8 Å². The van der Waals surface area contributed by atoms with Crippen LogP contribution in [0, 0.1) is 0 Å². The molecule has 8 nitrogen and oxygen atoms in total.